The first-order valence-electron chi connectivity index (χ1n) is 7.75. The number of nitrogens with zero attached hydrogens (tertiary/aromatic N) is 2. The second-order valence-electron chi connectivity index (χ2n) is 6.03. The van der Waals surface area contributed by atoms with Crippen LogP contribution in [0.2, 0.25) is 0 Å². The predicted octanol–water partition coefficient (Wildman–Crippen LogP) is 5.25. The Labute approximate surface area is 167 Å². The third-order valence-corrected chi connectivity index (χ3v) is 5.03. The Kier molecular flexibility index (Phi) is 5.33. The Hall–Kier alpha value is -1.61. The van der Waals surface area contributed by atoms with Gasteiger partial charge in [-0.15, -0.1) is 0 Å². The van der Waals surface area contributed by atoms with Gasteiger partial charge in [0.2, 0.25) is 0 Å². The first-order chi connectivity index (χ1) is 11.8. The van der Waals surface area contributed by atoms with E-state index in [4.69, 9.17) is 4.42 Å². The molecule has 25 heavy (non-hydrogen) atoms. The van der Waals surface area contributed by atoms with Crippen molar-refractivity contribution in [1.82, 2.24) is 9.99 Å². The van der Waals surface area contributed by atoms with Crippen LogP contribution in [-0.4, -0.2) is 16.7 Å². The van der Waals surface area contributed by atoms with Crippen LogP contribution in [0.5, 0.6) is 0 Å². The number of carbonyl (C=O) groups excluding carboxylic acids is 1. The molecule has 0 atom stereocenters. The van der Waals surface area contributed by atoms with E-state index < -0.39 is 0 Å². The van der Waals surface area contributed by atoms with Crippen LogP contribution in [0.1, 0.15) is 41.7 Å². The molecule has 2 heterocycles. The minimum Gasteiger partial charge on any atom is -0.450 e. The number of furan rings is 1. The van der Waals surface area contributed by atoms with Crippen LogP contribution in [-0.2, 0) is 0 Å². The summed E-state index contributed by atoms with van der Waals surface area (Å²) >= 11 is 5.62. The monoisotopic (exact) mass is 513 g/mol. The van der Waals surface area contributed by atoms with E-state index in [1.807, 2.05) is 31.3 Å². The second-order valence-corrected chi connectivity index (χ2v) is 8.11. The molecule has 0 unspecified atom stereocenters. The van der Waals surface area contributed by atoms with Crippen LogP contribution < -0.4 is 5.43 Å². The fourth-order valence-electron chi connectivity index (χ4n) is 2.65. The summed E-state index contributed by atoms with van der Waals surface area (Å²) in [4.78, 5) is 12.2. The van der Waals surface area contributed by atoms with Gasteiger partial charge in [0.15, 0.2) is 5.76 Å². The third kappa shape index (κ3) is 3.98. The van der Waals surface area contributed by atoms with Gasteiger partial charge in [-0.1, -0.05) is 15.9 Å². The zero-order valence-electron chi connectivity index (χ0n) is 14.0. The lowest BCUT2D eigenvalue weighted by atomic mass is 10.2. The molecule has 1 N–H and O–H groups in total. The molecular formula is C18H17BrIN3O2. The fraction of sp³-hybridized carbons (Fsp3) is 0.222. The molecule has 0 spiro atoms. The first kappa shape index (κ1) is 18.2. The molecule has 0 aliphatic carbocycles. The van der Waals surface area contributed by atoms with E-state index in [1.54, 1.807) is 12.3 Å². The second kappa shape index (κ2) is 7.33. The van der Waals surface area contributed by atoms with E-state index in [1.165, 1.54) is 0 Å². The molecule has 0 saturated heterocycles. The molecule has 0 aliphatic rings. The lowest BCUT2D eigenvalue weighted by Gasteiger charge is -2.08. The smallest absolute Gasteiger partial charge is 0.307 e. The van der Waals surface area contributed by atoms with Gasteiger partial charge in [0.05, 0.1) is 9.78 Å². The summed E-state index contributed by atoms with van der Waals surface area (Å²) in [6.45, 7) is 6.29. The van der Waals surface area contributed by atoms with Crippen LogP contribution >= 0.6 is 38.5 Å². The molecule has 3 rings (SSSR count). The van der Waals surface area contributed by atoms with Crippen LogP contribution in [0.15, 0.2) is 44.5 Å². The Balaban J connectivity index is 1.74. The molecule has 130 valence electrons. The summed E-state index contributed by atoms with van der Waals surface area (Å²) < 4.78 is 9.69. The molecular weight excluding hydrogens is 497 g/mol. The number of aryl methyl sites for hydroxylation is 1. The number of aromatic nitrogens is 1. The standard InChI is InChI=1S/C18H17BrIN3O2/c1-10(2)23-9-12(4-11(23)3)8-21-22-18(24)16-6-13-5-14(19)7-15(20)17(13)25-16/h4-10H,1-3H3,(H,22,24)/b21-8-. The van der Waals surface area contributed by atoms with Crippen LogP contribution in [0.4, 0.5) is 0 Å². The number of hydrogen-bond donors (Lipinski definition) is 1. The van der Waals surface area contributed by atoms with Crippen molar-refractivity contribution < 1.29 is 9.21 Å². The number of fused-ring (bicyclic) bond motifs is 1. The van der Waals surface area contributed by atoms with Gasteiger partial charge in [0, 0.05) is 33.4 Å². The van der Waals surface area contributed by atoms with E-state index in [0.717, 1.165) is 24.7 Å². The van der Waals surface area contributed by atoms with Gasteiger partial charge in [-0.25, -0.2) is 5.43 Å². The van der Waals surface area contributed by atoms with Crippen molar-refractivity contribution in [3.63, 3.8) is 0 Å². The van der Waals surface area contributed by atoms with E-state index in [9.17, 15) is 4.79 Å². The van der Waals surface area contributed by atoms with Gasteiger partial charge >= 0.3 is 5.91 Å². The average Bonchev–Trinajstić information content (AvgIpc) is 3.11. The molecule has 3 aromatic rings. The van der Waals surface area contributed by atoms with Crippen molar-refractivity contribution in [2.45, 2.75) is 26.8 Å². The van der Waals surface area contributed by atoms with Gasteiger partial charge in [-0.2, -0.15) is 5.10 Å². The number of rotatable bonds is 4. The first-order valence-corrected chi connectivity index (χ1v) is 9.63. The fourth-order valence-corrected chi connectivity index (χ4v) is 4.31. The number of amides is 1. The Morgan fingerprint density at radius 2 is 2.12 bits per heavy atom. The quantitative estimate of drug-likeness (QED) is 0.294. The van der Waals surface area contributed by atoms with Gasteiger partial charge in [0.1, 0.15) is 5.58 Å². The Bertz CT molecular complexity index is 972. The van der Waals surface area contributed by atoms with E-state index in [0.29, 0.717) is 11.6 Å². The van der Waals surface area contributed by atoms with Crippen LogP contribution in [0, 0.1) is 10.5 Å². The van der Waals surface area contributed by atoms with Gasteiger partial charge in [0.25, 0.3) is 0 Å². The highest BCUT2D eigenvalue weighted by atomic mass is 127. The maximum atomic E-state index is 12.2. The maximum Gasteiger partial charge on any atom is 0.307 e. The molecule has 2 aromatic heterocycles. The van der Waals surface area contributed by atoms with Crippen molar-refractivity contribution >= 4 is 61.6 Å². The highest BCUT2D eigenvalue weighted by Gasteiger charge is 2.14. The van der Waals surface area contributed by atoms with Crippen LogP contribution in [0.25, 0.3) is 11.0 Å². The van der Waals surface area contributed by atoms with Crippen molar-refractivity contribution in [2.24, 2.45) is 5.10 Å². The van der Waals surface area contributed by atoms with Crippen molar-refractivity contribution in [1.29, 1.82) is 0 Å². The number of halogens is 2. The molecule has 0 saturated carbocycles. The summed E-state index contributed by atoms with van der Waals surface area (Å²) in [7, 11) is 0. The van der Waals surface area contributed by atoms with Crippen molar-refractivity contribution in [3.8, 4) is 0 Å². The Morgan fingerprint density at radius 3 is 2.80 bits per heavy atom. The largest absolute Gasteiger partial charge is 0.450 e. The molecule has 0 fully saturated rings. The predicted molar refractivity (Wildman–Crippen MR) is 111 cm³/mol. The molecule has 0 bridgehead atoms. The molecule has 0 radical (unpaired) electrons. The van der Waals surface area contributed by atoms with Crippen LogP contribution in [0.3, 0.4) is 0 Å². The van der Waals surface area contributed by atoms with E-state index in [-0.39, 0.29) is 11.7 Å². The Morgan fingerprint density at radius 1 is 1.36 bits per heavy atom. The minimum atomic E-state index is -0.376. The van der Waals surface area contributed by atoms with E-state index >= 15 is 0 Å². The minimum absolute atomic E-state index is 0.235. The van der Waals surface area contributed by atoms with Crippen molar-refractivity contribution in [2.75, 3.05) is 0 Å². The topological polar surface area (TPSA) is 59.5 Å². The normalized spacial score (nSPS) is 11.8. The highest BCUT2D eigenvalue weighted by molar-refractivity contribution is 14.1. The lowest BCUT2D eigenvalue weighted by molar-refractivity contribution is 0.0929. The number of hydrogen-bond acceptors (Lipinski definition) is 3. The molecule has 1 aromatic carbocycles. The van der Waals surface area contributed by atoms with Gasteiger partial charge < -0.3 is 8.98 Å². The summed E-state index contributed by atoms with van der Waals surface area (Å²) in [5, 5.41) is 4.91. The zero-order chi connectivity index (χ0) is 18.1. The van der Waals surface area contributed by atoms with Gasteiger partial charge in [-0.3, -0.25) is 4.79 Å². The summed E-state index contributed by atoms with van der Waals surface area (Å²) in [5.41, 5.74) is 5.30. The van der Waals surface area contributed by atoms with Crippen molar-refractivity contribution in [3.05, 3.63) is 55.5 Å². The summed E-state index contributed by atoms with van der Waals surface area (Å²) in [6.07, 6.45) is 3.64. The number of nitrogens with one attached hydrogen (secondary N) is 1. The maximum absolute atomic E-state index is 12.2. The number of benzene rings is 1. The molecule has 5 nitrogen and oxygen atoms in total. The lowest BCUT2D eigenvalue weighted by Crippen LogP contribution is -2.16. The number of carbonyl (C=O) groups is 1. The molecule has 1 amide bonds. The molecule has 0 aliphatic heterocycles. The summed E-state index contributed by atoms with van der Waals surface area (Å²) in [6, 6.07) is 7.98. The average molecular weight is 514 g/mol. The van der Waals surface area contributed by atoms with Gasteiger partial charge in [-0.05, 0) is 67.6 Å². The van der Waals surface area contributed by atoms with E-state index in [2.05, 4.69) is 67.5 Å². The highest BCUT2D eigenvalue weighted by Crippen LogP contribution is 2.28. The molecule has 7 heteroatoms. The third-order valence-electron chi connectivity index (χ3n) is 3.77. The summed E-state index contributed by atoms with van der Waals surface area (Å²) in [5.74, 6) is -0.140. The number of hydrazone groups is 1. The zero-order valence-corrected chi connectivity index (χ0v) is 17.8. The SMILES string of the molecule is Cc1cc(/C=N\NC(=O)c2cc3cc(Br)cc(I)c3o2)cn1C(C)C.